The Hall–Kier alpha value is -1.43. The van der Waals surface area contributed by atoms with Gasteiger partial charge in [-0.1, -0.05) is 65.8 Å². The molecule has 0 spiro atoms. The Labute approximate surface area is 217 Å². The number of aliphatic hydroxyl groups excluding tert-OH is 3. The average molecular weight is 501 g/mol. The van der Waals surface area contributed by atoms with E-state index in [1.165, 1.54) is 11.1 Å². The second-order valence-corrected chi connectivity index (χ2v) is 13.7. The van der Waals surface area contributed by atoms with Crippen LogP contribution in [0.2, 0.25) is 0 Å². The molecule has 2 fully saturated rings. The highest BCUT2D eigenvalue weighted by atomic mass is 16.4. The summed E-state index contributed by atoms with van der Waals surface area (Å²) in [5.41, 5.74) is 2.22. The quantitative estimate of drug-likeness (QED) is 0.346. The first-order chi connectivity index (χ1) is 16.7. The number of carbonyl (C=O) groups is 1. The van der Waals surface area contributed by atoms with Crippen LogP contribution in [-0.4, -0.2) is 45.2 Å². The van der Waals surface area contributed by atoms with E-state index in [0.717, 1.165) is 24.8 Å². The number of hydrogen-bond acceptors (Lipinski definition) is 4. The largest absolute Gasteiger partial charge is 0.481 e. The summed E-state index contributed by atoms with van der Waals surface area (Å²) >= 11 is 0. The molecule has 0 aromatic rings. The fourth-order valence-corrected chi connectivity index (χ4v) is 8.95. The minimum Gasteiger partial charge on any atom is -0.481 e. The molecule has 0 bridgehead atoms. The summed E-state index contributed by atoms with van der Waals surface area (Å²) in [6.45, 7) is 17.1. The van der Waals surface area contributed by atoms with Crippen LogP contribution < -0.4 is 0 Å². The van der Waals surface area contributed by atoms with Crippen LogP contribution in [-0.2, 0) is 4.79 Å². The van der Waals surface area contributed by atoms with Crippen LogP contribution in [0.25, 0.3) is 0 Å². The van der Waals surface area contributed by atoms with Gasteiger partial charge < -0.3 is 20.4 Å². The maximum atomic E-state index is 12.6. The van der Waals surface area contributed by atoms with Gasteiger partial charge in [-0.2, -0.15) is 0 Å². The maximum absolute atomic E-state index is 12.6. The molecule has 0 saturated heterocycles. The third-order valence-electron chi connectivity index (χ3n) is 11.8. The van der Waals surface area contributed by atoms with E-state index >= 15 is 0 Å². The number of allylic oxidation sites excluding steroid dienone is 5. The molecule has 0 amide bonds. The second kappa shape index (κ2) is 9.10. The van der Waals surface area contributed by atoms with Crippen molar-refractivity contribution in [2.75, 3.05) is 6.61 Å². The van der Waals surface area contributed by atoms with E-state index in [2.05, 4.69) is 53.3 Å². The Bertz CT molecular complexity index is 979. The van der Waals surface area contributed by atoms with Crippen LogP contribution in [0.4, 0.5) is 0 Å². The molecule has 4 aliphatic carbocycles. The molecule has 0 aromatic heterocycles. The van der Waals surface area contributed by atoms with E-state index < -0.39 is 29.5 Å². The van der Waals surface area contributed by atoms with Crippen molar-refractivity contribution >= 4 is 5.97 Å². The van der Waals surface area contributed by atoms with E-state index in [0.29, 0.717) is 31.6 Å². The standard InChI is InChI=1S/C31H48O5/c1-18(2)19(3)8-9-20(27(35)36)26-23(33)16-31(7)22-10-11-24-28(4,21(22)12-15-30(26,31)6)14-13-25(34)29(24,5)17-32/h10,12,18,20,23-26,32-34H,3,8-9,11,13-17H2,1-2,4-7H3,(H,35,36). The highest BCUT2D eigenvalue weighted by Gasteiger charge is 2.66. The molecule has 5 nitrogen and oxygen atoms in total. The molecule has 0 aromatic carbocycles. The Morgan fingerprint density at radius 3 is 2.39 bits per heavy atom. The molecule has 4 aliphatic rings. The summed E-state index contributed by atoms with van der Waals surface area (Å²) in [5.74, 6) is -1.32. The summed E-state index contributed by atoms with van der Waals surface area (Å²) in [6.07, 6.45) is 8.19. The number of fused-ring (bicyclic) bond motifs is 5. The van der Waals surface area contributed by atoms with Crippen LogP contribution in [0.1, 0.15) is 86.5 Å². The fourth-order valence-electron chi connectivity index (χ4n) is 8.95. The van der Waals surface area contributed by atoms with Gasteiger partial charge in [0.05, 0.1) is 24.7 Å². The first-order valence-electron chi connectivity index (χ1n) is 14.0. The predicted octanol–water partition coefficient (Wildman–Crippen LogP) is 5.51. The first-order valence-corrected chi connectivity index (χ1v) is 14.0. The lowest BCUT2D eigenvalue weighted by Crippen LogP contribution is -2.57. The van der Waals surface area contributed by atoms with Crippen LogP contribution in [0.15, 0.2) is 35.5 Å². The molecule has 9 atom stereocenters. The molecular formula is C31H48O5. The number of rotatable bonds is 7. The Morgan fingerprint density at radius 1 is 1.14 bits per heavy atom. The minimum absolute atomic E-state index is 0.0391. The van der Waals surface area contributed by atoms with Crippen molar-refractivity contribution in [1.82, 2.24) is 0 Å². The van der Waals surface area contributed by atoms with Crippen molar-refractivity contribution < 1.29 is 25.2 Å². The number of carboxylic acid groups (broad SMARTS) is 1. The van der Waals surface area contributed by atoms with Crippen LogP contribution in [0.5, 0.6) is 0 Å². The molecule has 9 unspecified atom stereocenters. The third-order valence-corrected chi connectivity index (χ3v) is 11.8. The smallest absolute Gasteiger partial charge is 0.306 e. The van der Waals surface area contributed by atoms with E-state index in [9.17, 15) is 25.2 Å². The summed E-state index contributed by atoms with van der Waals surface area (Å²) in [4.78, 5) is 12.6. The molecule has 4 N–H and O–H groups in total. The minimum atomic E-state index is -0.819. The number of aliphatic carboxylic acids is 1. The molecular weight excluding hydrogens is 452 g/mol. The lowest BCUT2D eigenvalue weighted by molar-refractivity contribution is -0.148. The van der Waals surface area contributed by atoms with E-state index in [4.69, 9.17) is 0 Å². The highest BCUT2D eigenvalue weighted by molar-refractivity contribution is 5.71. The molecule has 0 aliphatic heterocycles. The number of aliphatic hydroxyl groups is 3. The van der Waals surface area contributed by atoms with Crippen molar-refractivity contribution in [1.29, 1.82) is 0 Å². The average Bonchev–Trinajstić information content (AvgIpc) is 3.02. The molecule has 36 heavy (non-hydrogen) atoms. The first kappa shape index (κ1) is 27.6. The van der Waals surface area contributed by atoms with Crippen molar-refractivity contribution in [2.24, 2.45) is 45.3 Å². The summed E-state index contributed by atoms with van der Waals surface area (Å²) in [7, 11) is 0. The van der Waals surface area contributed by atoms with Gasteiger partial charge in [0.25, 0.3) is 0 Å². The Balaban J connectivity index is 1.73. The van der Waals surface area contributed by atoms with E-state index in [1.807, 2.05) is 6.92 Å². The van der Waals surface area contributed by atoms with E-state index in [1.54, 1.807) is 0 Å². The molecule has 202 valence electrons. The van der Waals surface area contributed by atoms with Gasteiger partial charge in [0, 0.05) is 16.7 Å². The van der Waals surface area contributed by atoms with Gasteiger partial charge in [0.2, 0.25) is 0 Å². The maximum Gasteiger partial charge on any atom is 0.306 e. The Morgan fingerprint density at radius 2 is 1.81 bits per heavy atom. The topological polar surface area (TPSA) is 98.0 Å². The van der Waals surface area contributed by atoms with Gasteiger partial charge in [-0.15, -0.1) is 0 Å². The molecule has 2 saturated carbocycles. The van der Waals surface area contributed by atoms with Gasteiger partial charge in [-0.05, 0) is 78.8 Å². The predicted molar refractivity (Wildman–Crippen MR) is 142 cm³/mol. The summed E-state index contributed by atoms with van der Waals surface area (Å²) < 4.78 is 0. The van der Waals surface area contributed by atoms with Gasteiger partial charge >= 0.3 is 5.97 Å². The molecule has 0 radical (unpaired) electrons. The van der Waals surface area contributed by atoms with Crippen molar-refractivity contribution in [3.05, 3.63) is 35.5 Å². The van der Waals surface area contributed by atoms with Crippen molar-refractivity contribution in [2.45, 2.75) is 98.7 Å². The summed E-state index contributed by atoms with van der Waals surface area (Å²) in [6, 6.07) is 0. The number of hydrogen-bond donors (Lipinski definition) is 4. The van der Waals surface area contributed by atoms with Gasteiger partial charge in [0.15, 0.2) is 0 Å². The number of carboxylic acids is 1. The SMILES string of the molecule is C=C(CCC(C(=O)O)C1C(O)CC2(C)C3=CCC4C(C)(CCC(O)C4(C)CO)C3=CCC12C)C(C)C. The molecule has 0 heterocycles. The third kappa shape index (κ3) is 3.71. The monoisotopic (exact) mass is 500 g/mol. The van der Waals surface area contributed by atoms with Crippen LogP contribution >= 0.6 is 0 Å². The Kier molecular flexibility index (Phi) is 6.97. The summed E-state index contributed by atoms with van der Waals surface area (Å²) in [5, 5.41) is 42.9. The van der Waals surface area contributed by atoms with Gasteiger partial charge in [-0.25, -0.2) is 0 Å². The molecule has 5 heteroatoms. The fraction of sp³-hybridized carbons (Fsp3) is 0.774. The lowest BCUT2D eigenvalue weighted by Gasteiger charge is -2.61. The zero-order valence-electron chi connectivity index (χ0n) is 23.2. The zero-order chi connectivity index (χ0) is 26.8. The lowest BCUT2D eigenvalue weighted by atomic mass is 9.44. The normalized spacial score (nSPS) is 44.7. The zero-order valence-corrected chi connectivity index (χ0v) is 23.2. The van der Waals surface area contributed by atoms with Crippen molar-refractivity contribution in [3.8, 4) is 0 Å². The highest BCUT2D eigenvalue weighted by Crippen LogP contribution is 2.71. The van der Waals surface area contributed by atoms with Crippen molar-refractivity contribution in [3.63, 3.8) is 0 Å². The van der Waals surface area contributed by atoms with Gasteiger partial charge in [-0.3, -0.25) is 4.79 Å². The molecule has 4 rings (SSSR count). The van der Waals surface area contributed by atoms with E-state index in [-0.39, 0.29) is 34.7 Å². The second-order valence-electron chi connectivity index (χ2n) is 13.7. The van der Waals surface area contributed by atoms with Crippen LogP contribution in [0, 0.1) is 45.3 Å². The van der Waals surface area contributed by atoms with Gasteiger partial charge in [0.1, 0.15) is 0 Å². The van der Waals surface area contributed by atoms with Crippen LogP contribution in [0.3, 0.4) is 0 Å².